The number of carboxylic acid groups (broad SMARTS) is 1. The molecule has 6 heteroatoms. The number of benzene rings is 2. The summed E-state index contributed by atoms with van der Waals surface area (Å²) < 4.78 is 5.56. The Kier molecular flexibility index (Phi) is 3.41. The van der Waals surface area contributed by atoms with Gasteiger partial charge >= 0.3 is 5.97 Å². The van der Waals surface area contributed by atoms with Crippen molar-refractivity contribution in [2.45, 2.75) is 0 Å². The van der Waals surface area contributed by atoms with E-state index in [1.807, 2.05) is 30.3 Å². The van der Waals surface area contributed by atoms with Gasteiger partial charge in [0.05, 0.1) is 16.1 Å². The van der Waals surface area contributed by atoms with Crippen molar-refractivity contribution >= 4 is 17.6 Å². The second-order valence-electron chi connectivity index (χ2n) is 4.25. The van der Waals surface area contributed by atoms with Crippen molar-refractivity contribution < 1.29 is 14.3 Å². The molecule has 0 bridgehead atoms. The van der Waals surface area contributed by atoms with Crippen LogP contribution in [0.5, 0.6) is 0 Å². The minimum atomic E-state index is -1.10. The zero-order valence-electron chi connectivity index (χ0n) is 10.7. The van der Waals surface area contributed by atoms with Gasteiger partial charge in [0, 0.05) is 5.56 Å². The van der Waals surface area contributed by atoms with Crippen LogP contribution in [0.1, 0.15) is 10.4 Å². The van der Waals surface area contributed by atoms with E-state index in [2.05, 4.69) is 10.2 Å². The quantitative estimate of drug-likeness (QED) is 0.797. The third-order valence-corrected chi connectivity index (χ3v) is 3.22. The molecule has 0 atom stereocenters. The molecule has 0 radical (unpaired) electrons. The van der Waals surface area contributed by atoms with Gasteiger partial charge in [-0.3, -0.25) is 0 Å². The normalized spacial score (nSPS) is 10.5. The number of aromatic carboxylic acids is 1. The van der Waals surface area contributed by atoms with E-state index >= 15 is 0 Å². The third-order valence-electron chi connectivity index (χ3n) is 2.90. The Balaban J connectivity index is 2.11. The summed E-state index contributed by atoms with van der Waals surface area (Å²) in [6.07, 6.45) is 0. The van der Waals surface area contributed by atoms with Gasteiger partial charge in [0.2, 0.25) is 5.89 Å². The standard InChI is InChI=1S/C15H9ClN2O3/c16-11-8-4-7-10(15(19)20)12(11)14-18-17-13(21-14)9-5-2-1-3-6-9/h1-8H,(H,19,20). The van der Waals surface area contributed by atoms with E-state index in [1.54, 1.807) is 12.1 Å². The Hall–Kier alpha value is -2.66. The van der Waals surface area contributed by atoms with Gasteiger partial charge in [0.1, 0.15) is 0 Å². The van der Waals surface area contributed by atoms with Gasteiger partial charge in [-0.1, -0.05) is 35.9 Å². The van der Waals surface area contributed by atoms with Gasteiger partial charge in [-0.25, -0.2) is 4.79 Å². The number of hydrogen-bond acceptors (Lipinski definition) is 4. The number of carbonyl (C=O) groups is 1. The van der Waals surface area contributed by atoms with Crippen molar-refractivity contribution in [2.75, 3.05) is 0 Å². The molecule has 1 N–H and O–H groups in total. The highest BCUT2D eigenvalue weighted by atomic mass is 35.5. The average Bonchev–Trinajstić information content (AvgIpc) is 2.97. The maximum atomic E-state index is 11.3. The molecular weight excluding hydrogens is 292 g/mol. The molecule has 1 heterocycles. The summed E-state index contributed by atoms with van der Waals surface area (Å²) in [4.78, 5) is 11.3. The third kappa shape index (κ3) is 2.51. The van der Waals surface area contributed by atoms with Crippen LogP contribution < -0.4 is 0 Å². The van der Waals surface area contributed by atoms with E-state index in [0.29, 0.717) is 5.89 Å². The first kappa shape index (κ1) is 13.3. The molecule has 0 aliphatic heterocycles. The summed E-state index contributed by atoms with van der Waals surface area (Å²) in [5.41, 5.74) is 0.993. The summed E-state index contributed by atoms with van der Waals surface area (Å²) in [5, 5.41) is 17.3. The fourth-order valence-corrected chi connectivity index (χ4v) is 2.20. The molecule has 104 valence electrons. The molecule has 0 fully saturated rings. The molecule has 0 saturated heterocycles. The second kappa shape index (κ2) is 5.38. The predicted molar refractivity (Wildman–Crippen MR) is 77.1 cm³/mol. The Bertz CT molecular complexity index is 800. The molecule has 1 aromatic heterocycles. The second-order valence-corrected chi connectivity index (χ2v) is 4.65. The maximum Gasteiger partial charge on any atom is 0.336 e. The molecule has 0 amide bonds. The van der Waals surface area contributed by atoms with Crippen LogP contribution in [0.15, 0.2) is 52.9 Å². The van der Waals surface area contributed by atoms with Gasteiger partial charge in [0.15, 0.2) is 0 Å². The van der Waals surface area contributed by atoms with Gasteiger partial charge in [-0.15, -0.1) is 10.2 Å². The molecule has 0 spiro atoms. The minimum absolute atomic E-state index is 0.0192. The Labute approximate surface area is 124 Å². The summed E-state index contributed by atoms with van der Waals surface area (Å²) in [6.45, 7) is 0. The topological polar surface area (TPSA) is 76.2 Å². The smallest absolute Gasteiger partial charge is 0.336 e. The Morgan fingerprint density at radius 1 is 1.00 bits per heavy atom. The molecular formula is C15H9ClN2O3. The first-order valence-corrected chi connectivity index (χ1v) is 6.45. The van der Waals surface area contributed by atoms with E-state index in [4.69, 9.17) is 16.0 Å². The summed E-state index contributed by atoms with van der Waals surface area (Å²) >= 11 is 6.07. The van der Waals surface area contributed by atoms with Crippen LogP contribution in [0.4, 0.5) is 0 Å². The SMILES string of the molecule is O=C(O)c1cccc(Cl)c1-c1nnc(-c2ccccc2)o1. The lowest BCUT2D eigenvalue weighted by Crippen LogP contribution is -2.00. The fraction of sp³-hybridized carbons (Fsp3) is 0. The predicted octanol–water partition coefficient (Wildman–Crippen LogP) is 3.76. The zero-order valence-corrected chi connectivity index (χ0v) is 11.4. The number of rotatable bonds is 3. The van der Waals surface area contributed by atoms with Crippen LogP contribution in [0, 0.1) is 0 Å². The number of hydrogen-bond donors (Lipinski definition) is 1. The Morgan fingerprint density at radius 3 is 2.43 bits per heavy atom. The molecule has 3 aromatic rings. The van der Waals surface area contributed by atoms with E-state index in [9.17, 15) is 9.90 Å². The molecule has 0 unspecified atom stereocenters. The number of nitrogens with zero attached hydrogens (tertiary/aromatic N) is 2. The summed E-state index contributed by atoms with van der Waals surface area (Å²) in [5.74, 6) is -0.717. The number of halogens is 1. The van der Waals surface area contributed by atoms with E-state index in [1.165, 1.54) is 6.07 Å². The monoisotopic (exact) mass is 300 g/mol. The first-order chi connectivity index (χ1) is 10.2. The van der Waals surface area contributed by atoms with Crippen LogP contribution in [-0.2, 0) is 0 Å². The molecule has 0 aliphatic rings. The molecule has 21 heavy (non-hydrogen) atoms. The largest absolute Gasteiger partial charge is 0.478 e. The fourth-order valence-electron chi connectivity index (χ4n) is 1.94. The lowest BCUT2D eigenvalue weighted by molar-refractivity contribution is 0.0697. The van der Waals surface area contributed by atoms with Crippen molar-refractivity contribution in [1.82, 2.24) is 10.2 Å². The van der Waals surface area contributed by atoms with Gasteiger partial charge in [-0.2, -0.15) is 0 Å². The van der Waals surface area contributed by atoms with Gasteiger partial charge < -0.3 is 9.52 Å². The molecule has 5 nitrogen and oxygen atoms in total. The van der Waals surface area contributed by atoms with E-state index < -0.39 is 5.97 Å². The highest BCUT2D eigenvalue weighted by Crippen LogP contribution is 2.32. The zero-order chi connectivity index (χ0) is 14.8. The lowest BCUT2D eigenvalue weighted by atomic mass is 10.1. The summed E-state index contributed by atoms with van der Waals surface area (Å²) in [6, 6.07) is 13.8. The molecule has 2 aromatic carbocycles. The number of carboxylic acids is 1. The van der Waals surface area contributed by atoms with Crippen molar-refractivity contribution in [3.05, 3.63) is 59.1 Å². The lowest BCUT2D eigenvalue weighted by Gasteiger charge is -2.03. The molecule has 0 aliphatic carbocycles. The maximum absolute atomic E-state index is 11.3. The van der Waals surface area contributed by atoms with Crippen LogP contribution in [0.3, 0.4) is 0 Å². The van der Waals surface area contributed by atoms with E-state index in [0.717, 1.165) is 5.56 Å². The first-order valence-electron chi connectivity index (χ1n) is 6.08. The molecule has 3 rings (SSSR count). The molecule has 0 saturated carbocycles. The average molecular weight is 301 g/mol. The number of aromatic nitrogens is 2. The highest BCUT2D eigenvalue weighted by Gasteiger charge is 2.20. The van der Waals surface area contributed by atoms with Crippen molar-refractivity contribution in [3.63, 3.8) is 0 Å². The van der Waals surface area contributed by atoms with Crippen LogP contribution in [-0.4, -0.2) is 21.3 Å². The minimum Gasteiger partial charge on any atom is -0.478 e. The van der Waals surface area contributed by atoms with Gasteiger partial charge in [-0.05, 0) is 24.3 Å². The van der Waals surface area contributed by atoms with E-state index in [-0.39, 0.29) is 22.0 Å². The van der Waals surface area contributed by atoms with Crippen LogP contribution in [0.2, 0.25) is 5.02 Å². The highest BCUT2D eigenvalue weighted by molar-refractivity contribution is 6.34. The van der Waals surface area contributed by atoms with Gasteiger partial charge in [0.25, 0.3) is 5.89 Å². The summed E-state index contributed by atoms with van der Waals surface area (Å²) in [7, 11) is 0. The Morgan fingerprint density at radius 2 is 1.71 bits per heavy atom. The van der Waals surface area contributed by atoms with Crippen molar-refractivity contribution in [1.29, 1.82) is 0 Å². The van der Waals surface area contributed by atoms with Crippen molar-refractivity contribution in [3.8, 4) is 22.9 Å². The van der Waals surface area contributed by atoms with Crippen molar-refractivity contribution in [2.24, 2.45) is 0 Å². The van der Waals surface area contributed by atoms with Crippen LogP contribution >= 0.6 is 11.6 Å². The van der Waals surface area contributed by atoms with Crippen LogP contribution in [0.25, 0.3) is 22.9 Å².